The van der Waals surface area contributed by atoms with Crippen molar-refractivity contribution in [1.82, 2.24) is 0 Å². The second kappa shape index (κ2) is 8.89. The number of ether oxygens (including phenoxy) is 1. The van der Waals surface area contributed by atoms with Crippen LogP contribution in [0.1, 0.15) is 25.0 Å². The zero-order valence-electron chi connectivity index (χ0n) is 13.1. The first-order chi connectivity index (χ1) is 11.3. The van der Waals surface area contributed by atoms with Crippen molar-refractivity contribution in [2.75, 3.05) is 5.32 Å². The molecule has 2 nitrogen and oxygen atoms in total. The number of hydrogen-bond acceptors (Lipinski definition) is 2. The Kier molecular flexibility index (Phi) is 7.15. The molecule has 132 valence electrons. The fourth-order valence-electron chi connectivity index (χ4n) is 2.09. The van der Waals surface area contributed by atoms with Crippen LogP contribution in [0.3, 0.4) is 0 Å². The van der Waals surface area contributed by atoms with Crippen LogP contribution in [-0.4, -0.2) is 10.7 Å². The molecule has 0 radical (unpaired) electrons. The molecule has 2 aromatic carbocycles. The number of halogens is 4. The van der Waals surface area contributed by atoms with Gasteiger partial charge in [-0.15, -0.1) is 0 Å². The average molecular weight is 461 g/mol. The van der Waals surface area contributed by atoms with Crippen molar-refractivity contribution in [2.24, 2.45) is 0 Å². The van der Waals surface area contributed by atoms with Gasteiger partial charge >= 0.3 is 153 Å². The third-order valence-corrected chi connectivity index (χ3v) is 4.90. The van der Waals surface area contributed by atoms with Gasteiger partial charge in [0.15, 0.2) is 0 Å². The molecule has 2 aromatic rings. The summed E-state index contributed by atoms with van der Waals surface area (Å²) >= 11 is -2.08. The molecule has 0 heterocycles. The molecule has 0 aliphatic rings. The molecule has 0 aliphatic heterocycles. The summed E-state index contributed by atoms with van der Waals surface area (Å²) in [5.74, 6) is -0.168. The van der Waals surface area contributed by atoms with E-state index in [1.165, 1.54) is 24.3 Å². The Labute approximate surface area is 153 Å². The van der Waals surface area contributed by atoms with Gasteiger partial charge in [0.1, 0.15) is 0 Å². The van der Waals surface area contributed by atoms with Gasteiger partial charge in [-0.1, -0.05) is 0 Å². The zero-order valence-corrected chi connectivity index (χ0v) is 16.3. The monoisotopic (exact) mass is 461 g/mol. The van der Waals surface area contributed by atoms with E-state index in [-0.39, 0.29) is 17.7 Å². The topological polar surface area (TPSA) is 21.3 Å². The van der Waals surface area contributed by atoms with Crippen molar-refractivity contribution >= 4 is 29.7 Å². The molecule has 0 amide bonds. The second-order valence-corrected chi connectivity index (χ2v) is 11.0. The van der Waals surface area contributed by atoms with Crippen LogP contribution in [0.15, 0.2) is 36.4 Å². The second-order valence-electron chi connectivity index (χ2n) is 5.31. The summed E-state index contributed by atoms with van der Waals surface area (Å²) in [4.78, 5) is 0. The van der Waals surface area contributed by atoms with Gasteiger partial charge < -0.3 is 0 Å². The van der Waals surface area contributed by atoms with Crippen LogP contribution in [-0.2, 0) is 20.1 Å². The summed E-state index contributed by atoms with van der Waals surface area (Å²) in [7, 11) is 11.8. The van der Waals surface area contributed by atoms with Gasteiger partial charge in [0.2, 0.25) is 0 Å². The first-order valence-corrected chi connectivity index (χ1v) is 12.6. The molecule has 0 bridgehead atoms. The van der Waals surface area contributed by atoms with Gasteiger partial charge in [0.25, 0.3) is 0 Å². The van der Waals surface area contributed by atoms with Gasteiger partial charge in [-0.2, -0.15) is 0 Å². The van der Waals surface area contributed by atoms with Crippen LogP contribution in [0.4, 0.5) is 14.5 Å². The molecule has 7 heteroatoms. The fraction of sp³-hybridized carbons (Fsp3) is 0.235. The number of hydrogen-bond donors (Lipinski definition) is 1. The standard InChI is InChI=1S/C17H17F2NO.2ClH.Ru/c1-11(2)21-17-7-6-15(19)9-16(17)20-10-13-4-5-14(18)8-12(13)3;;;/h3-9,11,20H,10H2,1-2H3;2*1H;/q;;;+2/p-2. The predicted molar refractivity (Wildman–Crippen MR) is 92.8 cm³/mol. The van der Waals surface area contributed by atoms with Crippen molar-refractivity contribution < 1.29 is 27.0 Å². The van der Waals surface area contributed by atoms with Gasteiger partial charge in [0.05, 0.1) is 0 Å². The number of benzene rings is 2. The van der Waals surface area contributed by atoms with Gasteiger partial charge in [-0.3, -0.25) is 0 Å². The Morgan fingerprint density at radius 2 is 1.79 bits per heavy atom. The number of anilines is 1. The molecular formula is C17H17Cl2F2NORu. The third-order valence-electron chi connectivity index (χ3n) is 3.07. The Morgan fingerprint density at radius 1 is 1.12 bits per heavy atom. The predicted octanol–water partition coefficient (Wildman–Crippen LogP) is 5.44. The quantitative estimate of drug-likeness (QED) is 0.579. The van der Waals surface area contributed by atoms with E-state index < -0.39 is 13.5 Å². The van der Waals surface area contributed by atoms with Crippen LogP contribution < -0.4 is 10.1 Å². The summed E-state index contributed by atoms with van der Waals surface area (Å²) in [6, 6.07) is 8.70. The van der Waals surface area contributed by atoms with Crippen molar-refractivity contribution in [3.8, 4) is 5.75 Å². The van der Waals surface area contributed by atoms with E-state index in [0.29, 0.717) is 23.5 Å². The Hall–Kier alpha value is -1.03. The fourth-order valence-corrected chi connectivity index (χ4v) is 3.95. The van der Waals surface area contributed by atoms with Gasteiger partial charge in [-0.05, 0) is 0 Å². The van der Waals surface area contributed by atoms with E-state index in [2.05, 4.69) is 5.32 Å². The molecule has 0 saturated heterocycles. The SMILES string of the molecule is CC(C)Oc1ccc(F)cc1NCc1ccc(F)cc1[CH]=[Ru]([Cl])[Cl]. The molecule has 0 aliphatic carbocycles. The average Bonchev–Trinajstić information content (AvgIpc) is 2.48. The molecule has 2 rings (SSSR count). The van der Waals surface area contributed by atoms with Crippen molar-refractivity contribution in [3.63, 3.8) is 0 Å². The van der Waals surface area contributed by atoms with E-state index >= 15 is 0 Å². The van der Waals surface area contributed by atoms with Crippen LogP contribution in [0, 0.1) is 11.6 Å². The van der Waals surface area contributed by atoms with Gasteiger partial charge in [-0.25, -0.2) is 0 Å². The van der Waals surface area contributed by atoms with E-state index in [0.717, 1.165) is 5.56 Å². The first-order valence-electron chi connectivity index (χ1n) is 7.17. The molecule has 1 N–H and O–H groups in total. The van der Waals surface area contributed by atoms with E-state index in [9.17, 15) is 8.78 Å². The van der Waals surface area contributed by atoms with Crippen molar-refractivity contribution in [3.05, 3.63) is 59.2 Å². The summed E-state index contributed by atoms with van der Waals surface area (Å²) in [5.41, 5.74) is 2.00. The Morgan fingerprint density at radius 3 is 2.46 bits per heavy atom. The molecule has 0 unspecified atom stereocenters. The van der Waals surface area contributed by atoms with E-state index in [4.69, 9.17) is 24.1 Å². The molecule has 0 aromatic heterocycles. The van der Waals surface area contributed by atoms with E-state index in [1.807, 2.05) is 13.8 Å². The van der Waals surface area contributed by atoms with Gasteiger partial charge in [0, 0.05) is 0 Å². The summed E-state index contributed by atoms with van der Waals surface area (Å²) < 4.78 is 34.3. The summed E-state index contributed by atoms with van der Waals surface area (Å²) in [6.07, 6.45) is -0.0369. The molecule has 24 heavy (non-hydrogen) atoms. The summed E-state index contributed by atoms with van der Waals surface area (Å²) in [6.45, 7) is 4.15. The minimum absolute atomic E-state index is 0.0369. The maximum absolute atomic E-state index is 13.5. The van der Waals surface area contributed by atoms with Crippen molar-refractivity contribution in [2.45, 2.75) is 26.5 Å². The first kappa shape index (κ1) is 19.3. The van der Waals surface area contributed by atoms with Crippen LogP contribution in [0.25, 0.3) is 0 Å². The molecular weight excluding hydrogens is 444 g/mol. The summed E-state index contributed by atoms with van der Waals surface area (Å²) in [5, 5.41) is 3.13. The number of rotatable bonds is 6. The third kappa shape index (κ3) is 5.80. The maximum atomic E-state index is 13.5. The van der Waals surface area contributed by atoms with Crippen LogP contribution in [0.2, 0.25) is 0 Å². The molecule has 0 saturated carbocycles. The Balaban J connectivity index is 2.25. The van der Waals surface area contributed by atoms with Crippen molar-refractivity contribution in [1.29, 1.82) is 0 Å². The molecule has 0 fully saturated rings. The zero-order chi connectivity index (χ0) is 17.7. The number of nitrogens with one attached hydrogen (secondary N) is 1. The van der Waals surface area contributed by atoms with Crippen LogP contribution >= 0.6 is 19.4 Å². The molecule has 0 atom stereocenters. The minimum atomic E-state index is -2.08. The van der Waals surface area contributed by atoms with Crippen LogP contribution in [0.5, 0.6) is 5.75 Å². The van der Waals surface area contributed by atoms with E-state index in [1.54, 1.807) is 16.7 Å². The molecule has 0 spiro atoms. The Bertz CT molecular complexity index is 749. The normalized spacial score (nSPS) is 11.4.